The van der Waals surface area contributed by atoms with Crippen LogP contribution < -0.4 is 10.1 Å². The molecule has 0 aromatic heterocycles. The van der Waals surface area contributed by atoms with Crippen LogP contribution in [0.4, 0.5) is 0 Å². The van der Waals surface area contributed by atoms with Crippen molar-refractivity contribution in [3.63, 3.8) is 0 Å². The third-order valence-corrected chi connectivity index (χ3v) is 3.53. The second kappa shape index (κ2) is 7.82. The highest BCUT2D eigenvalue weighted by Crippen LogP contribution is 2.12. The van der Waals surface area contributed by atoms with E-state index in [4.69, 9.17) is 4.74 Å². The number of methoxy groups -OCH3 is 1. The number of nitrogens with one attached hydrogen (secondary N) is 1. The normalized spacial score (nSPS) is 16.8. The predicted molar refractivity (Wildman–Crippen MR) is 79.8 cm³/mol. The fourth-order valence-electron chi connectivity index (χ4n) is 2.32. The maximum atomic E-state index is 5.16. The summed E-state index contributed by atoms with van der Waals surface area (Å²) >= 11 is 0. The second-order valence-electron chi connectivity index (χ2n) is 5.05. The van der Waals surface area contributed by atoms with Gasteiger partial charge in [0.15, 0.2) is 0 Å². The molecule has 3 nitrogen and oxygen atoms in total. The maximum absolute atomic E-state index is 5.16. The van der Waals surface area contributed by atoms with Gasteiger partial charge in [0.05, 0.1) is 12.9 Å². The van der Waals surface area contributed by atoms with Crippen LogP contribution in [0, 0.1) is 0 Å². The highest BCUT2D eigenvalue weighted by atomic mass is 16.5. The lowest BCUT2D eigenvalue weighted by Crippen LogP contribution is -2.23. The Labute approximate surface area is 116 Å². The summed E-state index contributed by atoms with van der Waals surface area (Å²) in [6.07, 6.45) is 7.61. The third-order valence-electron chi connectivity index (χ3n) is 3.53. The van der Waals surface area contributed by atoms with E-state index in [0.29, 0.717) is 0 Å². The molecule has 1 heterocycles. The fourth-order valence-corrected chi connectivity index (χ4v) is 2.32. The topological polar surface area (TPSA) is 33.6 Å². The minimum absolute atomic E-state index is 0.850. The number of aliphatic imine (C=N–C) groups is 1. The first kappa shape index (κ1) is 13.9. The molecule has 0 atom stereocenters. The van der Waals surface area contributed by atoms with Gasteiger partial charge in [-0.3, -0.25) is 4.99 Å². The molecule has 0 spiro atoms. The Kier molecular flexibility index (Phi) is 5.73. The summed E-state index contributed by atoms with van der Waals surface area (Å²) in [6.45, 7) is 1.83. The molecule has 104 valence electrons. The average molecular weight is 260 g/mol. The molecule has 19 heavy (non-hydrogen) atoms. The second-order valence-corrected chi connectivity index (χ2v) is 5.05. The van der Waals surface area contributed by atoms with Crippen molar-refractivity contribution >= 4 is 5.84 Å². The van der Waals surface area contributed by atoms with Crippen LogP contribution in [0.5, 0.6) is 5.75 Å². The zero-order valence-corrected chi connectivity index (χ0v) is 11.8. The molecule has 1 aliphatic heterocycles. The lowest BCUT2D eigenvalue weighted by molar-refractivity contribution is 0.414. The van der Waals surface area contributed by atoms with E-state index in [1.165, 1.54) is 43.5 Å². The molecule has 0 saturated carbocycles. The average Bonchev–Trinajstić information content (AvgIpc) is 2.59. The first-order valence-electron chi connectivity index (χ1n) is 7.28. The number of hydrogen-bond acceptors (Lipinski definition) is 3. The molecule has 0 aliphatic carbocycles. The number of hydrogen-bond donors (Lipinski definition) is 1. The van der Waals surface area contributed by atoms with Gasteiger partial charge >= 0.3 is 0 Å². The zero-order valence-electron chi connectivity index (χ0n) is 11.8. The highest BCUT2D eigenvalue weighted by molar-refractivity contribution is 5.82. The van der Waals surface area contributed by atoms with Gasteiger partial charge < -0.3 is 10.1 Å². The van der Waals surface area contributed by atoms with Crippen molar-refractivity contribution in [2.75, 3.05) is 13.7 Å². The summed E-state index contributed by atoms with van der Waals surface area (Å²) in [7, 11) is 1.69. The minimum Gasteiger partial charge on any atom is -0.497 e. The first-order chi connectivity index (χ1) is 9.38. The number of nitrogens with zero attached hydrogens (tertiary/aromatic N) is 1. The molecule has 3 heteroatoms. The van der Waals surface area contributed by atoms with Crippen LogP contribution >= 0.6 is 0 Å². The summed E-state index contributed by atoms with van der Waals surface area (Å²) in [5, 5.41) is 3.48. The maximum Gasteiger partial charge on any atom is 0.118 e. The standard InChI is InChI=1S/C16H24N2O/c1-19-15-10-8-14(9-11-15)13-18-16-7-5-3-2-4-6-12-17-16/h8-11H,2-7,12-13H2,1H3,(H,17,18). The molecule has 1 N–H and O–H groups in total. The van der Waals surface area contributed by atoms with Crippen LogP contribution in [0.1, 0.15) is 44.1 Å². The Hall–Kier alpha value is -1.51. The Morgan fingerprint density at radius 3 is 2.58 bits per heavy atom. The molecule has 2 rings (SSSR count). The largest absolute Gasteiger partial charge is 0.497 e. The molecule has 1 aromatic carbocycles. The summed E-state index contributed by atoms with van der Waals surface area (Å²) in [5.41, 5.74) is 1.27. The zero-order chi connectivity index (χ0) is 13.3. The summed E-state index contributed by atoms with van der Waals surface area (Å²) < 4.78 is 5.16. The van der Waals surface area contributed by atoms with Gasteiger partial charge in [0.25, 0.3) is 0 Å². The molecule has 0 radical (unpaired) electrons. The summed E-state index contributed by atoms with van der Waals surface area (Å²) in [6, 6.07) is 8.20. The quantitative estimate of drug-likeness (QED) is 0.902. The van der Waals surface area contributed by atoms with Crippen molar-refractivity contribution in [2.45, 2.75) is 45.1 Å². The van der Waals surface area contributed by atoms with Crippen molar-refractivity contribution in [3.05, 3.63) is 29.8 Å². The highest BCUT2D eigenvalue weighted by Gasteiger charge is 2.03. The molecule has 1 aliphatic rings. The van der Waals surface area contributed by atoms with Crippen molar-refractivity contribution in [1.82, 2.24) is 5.32 Å². The van der Waals surface area contributed by atoms with Gasteiger partial charge in [-0.25, -0.2) is 0 Å². The van der Waals surface area contributed by atoms with E-state index < -0.39 is 0 Å². The van der Waals surface area contributed by atoms with Crippen LogP contribution in [-0.2, 0) is 6.54 Å². The van der Waals surface area contributed by atoms with Crippen LogP contribution in [0.25, 0.3) is 0 Å². The number of benzene rings is 1. The van der Waals surface area contributed by atoms with Crippen LogP contribution in [-0.4, -0.2) is 19.5 Å². The Morgan fingerprint density at radius 2 is 1.79 bits per heavy atom. The van der Waals surface area contributed by atoms with Crippen LogP contribution in [0.2, 0.25) is 0 Å². The van der Waals surface area contributed by atoms with E-state index >= 15 is 0 Å². The predicted octanol–water partition coefficient (Wildman–Crippen LogP) is 3.54. The minimum atomic E-state index is 0.850. The Bertz CT molecular complexity index is 398. The lowest BCUT2D eigenvalue weighted by atomic mass is 10.1. The monoisotopic (exact) mass is 260 g/mol. The van der Waals surface area contributed by atoms with Crippen LogP contribution in [0.3, 0.4) is 0 Å². The first-order valence-corrected chi connectivity index (χ1v) is 7.28. The van der Waals surface area contributed by atoms with E-state index in [-0.39, 0.29) is 0 Å². The van der Waals surface area contributed by atoms with E-state index in [0.717, 1.165) is 25.3 Å². The van der Waals surface area contributed by atoms with Gasteiger partial charge in [-0.2, -0.15) is 0 Å². The Balaban J connectivity index is 1.84. The molecular weight excluding hydrogens is 236 g/mol. The van der Waals surface area contributed by atoms with Crippen molar-refractivity contribution in [3.8, 4) is 5.75 Å². The summed E-state index contributed by atoms with van der Waals surface area (Å²) in [5.74, 6) is 2.08. The van der Waals surface area contributed by atoms with Crippen molar-refractivity contribution in [2.24, 2.45) is 4.99 Å². The molecule has 0 bridgehead atoms. The molecule has 0 unspecified atom stereocenters. The van der Waals surface area contributed by atoms with E-state index in [1.54, 1.807) is 7.11 Å². The van der Waals surface area contributed by atoms with Gasteiger partial charge in [-0.05, 0) is 30.5 Å². The van der Waals surface area contributed by atoms with E-state index in [9.17, 15) is 0 Å². The van der Waals surface area contributed by atoms with Gasteiger partial charge in [0.1, 0.15) is 5.75 Å². The SMILES string of the molecule is COc1ccc(CNC2=NCCCCCCC2)cc1. The van der Waals surface area contributed by atoms with Gasteiger partial charge in [0, 0.05) is 19.5 Å². The van der Waals surface area contributed by atoms with Crippen molar-refractivity contribution < 1.29 is 4.74 Å². The molecule has 0 fully saturated rings. The molecule has 1 aromatic rings. The van der Waals surface area contributed by atoms with Gasteiger partial charge in [-0.1, -0.05) is 31.4 Å². The third kappa shape index (κ3) is 4.93. The number of amidine groups is 1. The number of ether oxygens (including phenoxy) is 1. The smallest absolute Gasteiger partial charge is 0.118 e. The van der Waals surface area contributed by atoms with Crippen LogP contribution in [0.15, 0.2) is 29.3 Å². The Morgan fingerprint density at radius 1 is 1.05 bits per heavy atom. The van der Waals surface area contributed by atoms with E-state index in [1.807, 2.05) is 12.1 Å². The van der Waals surface area contributed by atoms with Gasteiger partial charge in [-0.15, -0.1) is 0 Å². The van der Waals surface area contributed by atoms with Crippen molar-refractivity contribution in [1.29, 1.82) is 0 Å². The van der Waals surface area contributed by atoms with Gasteiger partial charge in [0.2, 0.25) is 0 Å². The number of rotatable bonds is 3. The fraction of sp³-hybridized carbons (Fsp3) is 0.562. The summed E-state index contributed by atoms with van der Waals surface area (Å²) in [4.78, 5) is 4.67. The lowest BCUT2D eigenvalue weighted by Gasteiger charge is -2.10. The van der Waals surface area contributed by atoms with E-state index in [2.05, 4.69) is 22.4 Å². The molecular formula is C16H24N2O. The molecule has 0 amide bonds. The molecule has 0 saturated heterocycles.